The second-order valence-corrected chi connectivity index (χ2v) is 7.41. The lowest BCUT2D eigenvalue weighted by molar-refractivity contribution is -0.938. The highest BCUT2D eigenvalue weighted by Gasteiger charge is 2.29. The predicted octanol–water partition coefficient (Wildman–Crippen LogP) is 0.192. The van der Waals surface area contributed by atoms with Crippen LogP contribution in [-0.2, 0) is 20.7 Å². The van der Waals surface area contributed by atoms with Crippen molar-refractivity contribution < 1.29 is 23.6 Å². The van der Waals surface area contributed by atoms with Gasteiger partial charge in [-0.1, -0.05) is 18.2 Å². The third-order valence-corrected chi connectivity index (χ3v) is 5.54. The lowest BCUT2D eigenvalue weighted by Crippen LogP contribution is -3.15. The van der Waals surface area contributed by atoms with Crippen LogP contribution in [0.15, 0.2) is 53.3 Å². The Morgan fingerprint density at radius 3 is 2.67 bits per heavy atom. The van der Waals surface area contributed by atoms with Gasteiger partial charge in [-0.3, -0.25) is 9.59 Å². The third kappa shape index (κ3) is 4.72. The monoisotopic (exact) mass is 411 g/mol. The van der Waals surface area contributed by atoms with E-state index in [1.54, 1.807) is 6.26 Å². The van der Waals surface area contributed by atoms with Gasteiger partial charge < -0.3 is 29.7 Å². The fourth-order valence-corrected chi connectivity index (χ4v) is 3.92. The summed E-state index contributed by atoms with van der Waals surface area (Å²) in [7, 11) is 0. The number of H-pyrrole nitrogens is 1. The number of rotatable bonds is 7. The van der Waals surface area contributed by atoms with Crippen LogP contribution in [-0.4, -0.2) is 56.2 Å². The Morgan fingerprint density at radius 1 is 1.07 bits per heavy atom. The normalized spacial score (nSPS) is 15.7. The zero-order chi connectivity index (χ0) is 20.8. The Balaban J connectivity index is 1.27. The van der Waals surface area contributed by atoms with Gasteiger partial charge in [0.2, 0.25) is 0 Å². The topological polar surface area (TPSA) is 101 Å². The van der Waals surface area contributed by atoms with Crippen LogP contribution in [0.25, 0.3) is 10.9 Å². The lowest BCUT2D eigenvalue weighted by Gasteiger charge is -2.30. The van der Waals surface area contributed by atoms with Crippen molar-refractivity contribution in [3.05, 3.63) is 60.2 Å². The van der Waals surface area contributed by atoms with Gasteiger partial charge in [-0.05, 0) is 30.2 Å². The number of carbonyl (C=O) groups excluding carboxylic acids is 2. The van der Waals surface area contributed by atoms with E-state index in [2.05, 4.69) is 15.6 Å². The molecule has 8 heteroatoms. The number of hydrogen-bond donors (Lipinski definition) is 4. The second-order valence-electron chi connectivity index (χ2n) is 7.41. The molecular weight excluding hydrogens is 384 g/mol. The highest BCUT2D eigenvalue weighted by molar-refractivity contribution is 6.35. The molecule has 4 N–H and O–H groups in total. The van der Waals surface area contributed by atoms with Gasteiger partial charge in [0.15, 0.2) is 11.8 Å². The molecule has 3 aromatic rings. The summed E-state index contributed by atoms with van der Waals surface area (Å²) in [4.78, 5) is 29.0. The smallest absolute Gasteiger partial charge is 0.309 e. The number of hydrogen-bond acceptors (Lipinski definition) is 4. The van der Waals surface area contributed by atoms with Gasteiger partial charge in [0.05, 0.1) is 26.0 Å². The first-order valence-electron chi connectivity index (χ1n) is 10.3. The fraction of sp³-hybridized carbons (Fsp3) is 0.364. The summed E-state index contributed by atoms with van der Waals surface area (Å²) in [5, 5.41) is 6.60. The van der Waals surface area contributed by atoms with E-state index >= 15 is 0 Å². The minimum absolute atomic E-state index is 0.0492. The average molecular weight is 411 g/mol. The van der Waals surface area contributed by atoms with E-state index in [9.17, 15) is 9.59 Å². The van der Waals surface area contributed by atoms with Crippen LogP contribution in [0.1, 0.15) is 17.4 Å². The van der Waals surface area contributed by atoms with Crippen molar-refractivity contribution in [2.45, 2.75) is 12.5 Å². The number of amides is 2. The number of fused-ring (bicyclic) bond motifs is 1. The van der Waals surface area contributed by atoms with Gasteiger partial charge in [0.1, 0.15) is 13.1 Å². The molecule has 0 saturated carbocycles. The summed E-state index contributed by atoms with van der Waals surface area (Å²) >= 11 is 0. The minimum Gasteiger partial charge on any atom is -0.463 e. The summed E-state index contributed by atoms with van der Waals surface area (Å²) in [6.07, 6.45) is 4.22. The van der Waals surface area contributed by atoms with Crippen molar-refractivity contribution in [2.24, 2.45) is 0 Å². The summed E-state index contributed by atoms with van der Waals surface area (Å²) in [6.45, 7) is 3.74. The maximum atomic E-state index is 12.3. The molecule has 30 heavy (non-hydrogen) atoms. The van der Waals surface area contributed by atoms with Crippen LogP contribution in [0.4, 0.5) is 0 Å². The van der Waals surface area contributed by atoms with Gasteiger partial charge in [-0.15, -0.1) is 0 Å². The Bertz CT molecular complexity index is 976. The molecule has 3 heterocycles. The number of nitrogens with one attached hydrogen (secondary N) is 4. The number of benzene rings is 1. The fourth-order valence-electron chi connectivity index (χ4n) is 3.92. The molecule has 0 unspecified atom stereocenters. The molecule has 4 rings (SSSR count). The molecule has 0 aliphatic carbocycles. The van der Waals surface area contributed by atoms with Crippen LogP contribution in [0, 0.1) is 0 Å². The molecule has 1 atom stereocenters. The number of aromatic nitrogens is 1. The largest absolute Gasteiger partial charge is 0.463 e. The van der Waals surface area contributed by atoms with Gasteiger partial charge in [-0.2, -0.15) is 0 Å². The molecule has 1 aromatic carbocycles. The zero-order valence-electron chi connectivity index (χ0n) is 16.8. The number of furan rings is 1. The molecule has 0 spiro atoms. The maximum absolute atomic E-state index is 12.3. The predicted molar refractivity (Wildman–Crippen MR) is 111 cm³/mol. The molecule has 0 bridgehead atoms. The SMILES string of the molecule is O=C(NCCc1c[nH]c2ccccc12)C(=O)NC[C@H](c1ccco1)[NH+]1CCOCC1. The first-order valence-corrected chi connectivity index (χ1v) is 10.3. The quantitative estimate of drug-likeness (QED) is 0.417. The van der Waals surface area contributed by atoms with E-state index in [0.29, 0.717) is 32.7 Å². The molecule has 8 nitrogen and oxygen atoms in total. The van der Waals surface area contributed by atoms with Gasteiger partial charge in [0.25, 0.3) is 0 Å². The zero-order valence-corrected chi connectivity index (χ0v) is 16.8. The van der Waals surface area contributed by atoms with Gasteiger partial charge in [0, 0.05) is 23.6 Å². The molecule has 1 saturated heterocycles. The van der Waals surface area contributed by atoms with Crippen molar-refractivity contribution in [1.29, 1.82) is 0 Å². The number of carbonyl (C=O) groups is 2. The van der Waals surface area contributed by atoms with Crippen molar-refractivity contribution >= 4 is 22.7 Å². The van der Waals surface area contributed by atoms with E-state index in [1.165, 1.54) is 4.90 Å². The Kier molecular flexibility index (Phi) is 6.46. The van der Waals surface area contributed by atoms with E-state index in [4.69, 9.17) is 9.15 Å². The highest BCUT2D eigenvalue weighted by atomic mass is 16.5. The highest BCUT2D eigenvalue weighted by Crippen LogP contribution is 2.17. The van der Waals surface area contributed by atoms with Gasteiger partial charge >= 0.3 is 11.8 Å². The summed E-state index contributed by atoms with van der Waals surface area (Å²) in [5.41, 5.74) is 2.17. The van der Waals surface area contributed by atoms with Crippen molar-refractivity contribution in [1.82, 2.24) is 15.6 Å². The molecule has 2 amide bonds. The minimum atomic E-state index is -0.627. The molecule has 1 aliphatic heterocycles. The van der Waals surface area contributed by atoms with E-state index in [1.807, 2.05) is 42.6 Å². The van der Waals surface area contributed by atoms with Crippen LogP contribution >= 0.6 is 0 Å². The summed E-state index contributed by atoms with van der Waals surface area (Å²) in [5.74, 6) is -0.449. The number of aromatic amines is 1. The summed E-state index contributed by atoms with van der Waals surface area (Å²) < 4.78 is 11.0. The first-order chi connectivity index (χ1) is 14.7. The summed E-state index contributed by atoms with van der Waals surface area (Å²) in [6, 6.07) is 11.7. The molecular formula is C22H27N4O4+. The Morgan fingerprint density at radius 2 is 1.87 bits per heavy atom. The van der Waals surface area contributed by atoms with Crippen LogP contribution in [0.3, 0.4) is 0 Å². The van der Waals surface area contributed by atoms with Crippen LogP contribution in [0.2, 0.25) is 0 Å². The lowest BCUT2D eigenvalue weighted by atomic mass is 10.1. The van der Waals surface area contributed by atoms with Crippen molar-refractivity contribution in [2.75, 3.05) is 39.4 Å². The second kappa shape index (κ2) is 9.60. The third-order valence-electron chi connectivity index (χ3n) is 5.54. The number of para-hydroxylation sites is 1. The molecule has 2 aromatic heterocycles. The molecule has 1 fully saturated rings. The number of quaternary nitrogens is 1. The average Bonchev–Trinajstić information content (AvgIpc) is 3.45. The Hall–Kier alpha value is -3.10. The standard InChI is InChI=1S/C22H26N4O4/c27-21(23-8-7-16-14-24-18-5-2-1-4-17(16)18)22(28)25-15-19(20-6-3-11-30-20)26-9-12-29-13-10-26/h1-6,11,14,19,24H,7-10,12-13,15H2,(H,23,27)(H,25,28)/p+1/t19-/m1/s1. The van der Waals surface area contributed by atoms with E-state index < -0.39 is 11.8 Å². The first kappa shape index (κ1) is 20.2. The number of morpholine rings is 1. The van der Waals surface area contributed by atoms with E-state index in [-0.39, 0.29) is 6.04 Å². The molecule has 0 radical (unpaired) electrons. The van der Waals surface area contributed by atoms with E-state index in [0.717, 1.165) is 35.3 Å². The number of ether oxygens (including phenoxy) is 1. The van der Waals surface area contributed by atoms with Crippen molar-refractivity contribution in [3.63, 3.8) is 0 Å². The van der Waals surface area contributed by atoms with Crippen molar-refractivity contribution in [3.8, 4) is 0 Å². The molecule has 158 valence electrons. The van der Waals surface area contributed by atoms with Crippen LogP contribution in [0.5, 0.6) is 0 Å². The molecule has 1 aliphatic rings. The Labute approximate surface area is 174 Å². The van der Waals surface area contributed by atoms with Gasteiger partial charge in [-0.25, -0.2) is 0 Å². The van der Waals surface area contributed by atoms with Crippen LogP contribution < -0.4 is 15.5 Å². The maximum Gasteiger partial charge on any atom is 0.309 e.